The van der Waals surface area contributed by atoms with Gasteiger partial charge in [-0.1, -0.05) is 17.7 Å². The van der Waals surface area contributed by atoms with Crippen LogP contribution in [0, 0.1) is 11.3 Å². The number of alkyl halides is 3. The Bertz CT molecular complexity index is 1160. The van der Waals surface area contributed by atoms with Crippen molar-refractivity contribution in [3.8, 4) is 6.07 Å². The number of nitrogens with two attached hydrogens (primary N) is 1. The van der Waals surface area contributed by atoms with E-state index in [2.05, 4.69) is 27.8 Å². The number of hydrogen-bond donors (Lipinski definition) is 3. The number of fused-ring (bicyclic) bond motifs is 1. The van der Waals surface area contributed by atoms with Crippen molar-refractivity contribution >= 4 is 56.1 Å². The first kappa shape index (κ1) is 25.2. The molecule has 0 radical (unpaired) electrons. The van der Waals surface area contributed by atoms with Crippen molar-refractivity contribution in [3.05, 3.63) is 44.1 Å². The Morgan fingerprint density at radius 2 is 2.21 bits per heavy atom. The molecular formula is C20H18ClF3N4O3S2. The van der Waals surface area contributed by atoms with E-state index in [4.69, 9.17) is 32.0 Å². The number of thiophene rings is 2. The Labute approximate surface area is 199 Å². The molecule has 1 fully saturated rings. The van der Waals surface area contributed by atoms with Gasteiger partial charge in [-0.25, -0.2) is 9.78 Å². The second-order valence-electron chi connectivity index (χ2n) is 6.99. The van der Waals surface area contributed by atoms with E-state index in [9.17, 15) is 18.4 Å². The van der Waals surface area contributed by atoms with E-state index in [1.807, 2.05) is 12.1 Å². The molecule has 4 N–H and O–H groups in total. The van der Waals surface area contributed by atoms with Crippen LogP contribution in [0.3, 0.4) is 0 Å². The topological polar surface area (TPSA) is 121 Å². The smallest absolute Gasteiger partial charge is 0.475 e. The van der Waals surface area contributed by atoms with Gasteiger partial charge in [0.25, 0.3) is 0 Å². The third-order valence-electron chi connectivity index (χ3n) is 4.76. The minimum Gasteiger partial charge on any atom is -0.475 e. The predicted octanol–water partition coefficient (Wildman–Crippen LogP) is 4.96. The van der Waals surface area contributed by atoms with Crippen molar-refractivity contribution in [3.63, 3.8) is 0 Å². The number of aromatic nitrogens is 1. The van der Waals surface area contributed by atoms with E-state index in [-0.39, 0.29) is 12.0 Å². The van der Waals surface area contributed by atoms with Crippen molar-refractivity contribution < 1.29 is 27.8 Å². The number of nitrogens with one attached hydrogen (secondary N) is 1. The van der Waals surface area contributed by atoms with Gasteiger partial charge in [-0.05, 0) is 17.9 Å². The molecule has 1 aliphatic heterocycles. The molecular weight excluding hydrogens is 501 g/mol. The van der Waals surface area contributed by atoms with E-state index in [0.717, 1.165) is 21.7 Å². The monoisotopic (exact) mass is 518 g/mol. The van der Waals surface area contributed by atoms with Gasteiger partial charge >= 0.3 is 12.1 Å². The highest BCUT2D eigenvalue weighted by Gasteiger charge is 2.38. The van der Waals surface area contributed by atoms with Gasteiger partial charge in [0.05, 0.1) is 22.6 Å². The van der Waals surface area contributed by atoms with E-state index >= 15 is 0 Å². The van der Waals surface area contributed by atoms with Crippen LogP contribution in [0.1, 0.15) is 27.7 Å². The van der Waals surface area contributed by atoms with Crippen LogP contribution in [0.2, 0.25) is 5.15 Å². The van der Waals surface area contributed by atoms with Crippen LogP contribution < -0.4 is 11.1 Å². The number of anilines is 1. The maximum Gasteiger partial charge on any atom is 0.490 e. The molecule has 13 heteroatoms. The van der Waals surface area contributed by atoms with Crippen molar-refractivity contribution in [1.82, 2.24) is 4.98 Å². The number of nitrogens with zero attached hydrogens (tertiary/aromatic N) is 2. The Kier molecular flexibility index (Phi) is 8.14. The molecule has 33 heavy (non-hydrogen) atoms. The Morgan fingerprint density at radius 3 is 2.79 bits per heavy atom. The number of rotatable bonds is 4. The summed E-state index contributed by atoms with van der Waals surface area (Å²) in [6.07, 6.45) is -4.27. The molecule has 0 spiro atoms. The largest absolute Gasteiger partial charge is 0.490 e. The van der Waals surface area contributed by atoms with Crippen LogP contribution >= 0.6 is 34.3 Å². The van der Waals surface area contributed by atoms with Gasteiger partial charge in [-0.2, -0.15) is 18.4 Å². The van der Waals surface area contributed by atoms with E-state index in [0.29, 0.717) is 36.0 Å². The van der Waals surface area contributed by atoms with Crippen LogP contribution in [0.25, 0.3) is 10.2 Å². The molecule has 4 rings (SSSR count). The van der Waals surface area contributed by atoms with Gasteiger partial charge in [0.1, 0.15) is 16.7 Å². The molecule has 0 unspecified atom stereocenters. The zero-order chi connectivity index (χ0) is 24.2. The molecule has 3 aromatic heterocycles. The van der Waals surface area contributed by atoms with Gasteiger partial charge < -0.3 is 20.9 Å². The highest BCUT2D eigenvalue weighted by Crippen LogP contribution is 2.42. The SMILES string of the molecule is N#Cc1c([C@@H]2CCOC[C@H]2N)sc2c(NCc3cccs3)cc(Cl)nc12.O=C(O)C(F)(F)F. The number of carboxylic acids is 1. The third kappa shape index (κ3) is 6.13. The fraction of sp³-hybridized carbons (Fsp3) is 0.350. The number of nitriles is 1. The number of carboxylic acid groups (broad SMARTS) is 1. The predicted molar refractivity (Wildman–Crippen MR) is 121 cm³/mol. The Balaban J connectivity index is 0.000000383. The van der Waals surface area contributed by atoms with Gasteiger partial charge in [0.2, 0.25) is 0 Å². The van der Waals surface area contributed by atoms with E-state index in [1.165, 1.54) is 4.88 Å². The summed E-state index contributed by atoms with van der Waals surface area (Å²) in [5.74, 6) is -2.64. The first-order valence-corrected chi connectivity index (χ1v) is 11.6. The van der Waals surface area contributed by atoms with Crippen LogP contribution in [0.15, 0.2) is 23.6 Å². The van der Waals surface area contributed by atoms with Gasteiger partial charge in [-0.3, -0.25) is 0 Å². The number of aliphatic carboxylic acids is 1. The summed E-state index contributed by atoms with van der Waals surface area (Å²) in [4.78, 5) is 15.6. The summed E-state index contributed by atoms with van der Waals surface area (Å²) >= 11 is 9.53. The summed E-state index contributed by atoms with van der Waals surface area (Å²) in [5, 5.41) is 22.8. The standard InChI is InChI=1S/C18H17ClN4OS2.C2HF3O2/c19-15-6-14(22-8-10-2-1-5-25-10)18-16(23-15)12(7-20)17(26-18)11-3-4-24-9-13(11)21;3-2(4,5)1(6)7/h1-2,5-6,11,13H,3-4,8-9,21H2,(H,22,23);(H,6,7)/t11-,13-;/m1./s1. The molecule has 7 nitrogen and oxygen atoms in total. The second kappa shape index (κ2) is 10.7. The lowest BCUT2D eigenvalue weighted by atomic mass is 9.92. The van der Waals surface area contributed by atoms with Crippen molar-refractivity contribution in [1.29, 1.82) is 5.26 Å². The lowest BCUT2D eigenvalue weighted by Crippen LogP contribution is -2.37. The Hall–Kier alpha value is -2.43. The first-order valence-electron chi connectivity index (χ1n) is 9.54. The first-order chi connectivity index (χ1) is 15.6. The lowest BCUT2D eigenvalue weighted by molar-refractivity contribution is -0.192. The van der Waals surface area contributed by atoms with E-state index in [1.54, 1.807) is 22.7 Å². The summed E-state index contributed by atoms with van der Waals surface area (Å²) in [7, 11) is 0. The summed E-state index contributed by atoms with van der Waals surface area (Å²) in [5.41, 5.74) is 8.41. The highest BCUT2D eigenvalue weighted by atomic mass is 35.5. The molecule has 2 atom stereocenters. The number of ether oxygens (including phenoxy) is 1. The molecule has 0 aromatic carbocycles. The lowest BCUT2D eigenvalue weighted by Gasteiger charge is -2.28. The average Bonchev–Trinajstić information content (AvgIpc) is 3.39. The molecule has 0 bridgehead atoms. The van der Waals surface area contributed by atoms with Crippen LogP contribution in [-0.2, 0) is 16.1 Å². The fourth-order valence-electron chi connectivity index (χ4n) is 3.23. The number of carbonyl (C=O) groups is 1. The van der Waals surface area contributed by atoms with Gasteiger partial charge in [-0.15, -0.1) is 22.7 Å². The minimum atomic E-state index is -5.08. The highest BCUT2D eigenvalue weighted by molar-refractivity contribution is 7.20. The molecule has 0 aliphatic carbocycles. The summed E-state index contributed by atoms with van der Waals surface area (Å²) in [6.45, 7) is 1.88. The second-order valence-corrected chi connectivity index (χ2v) is 9.46. The fourth-order valence-corrected chi connectivity index (χ4v) is 5.47. The molecule has 4 heterocycles. The zero-order valence-electron chi connectivity index (χ0n) is 16.9. The maximum atomic E-state index is 10.6. The molecule has 1 aliphatic rings. The maximum absolute atomic E-state index is 10.6. The van der Waals surface area contributed by atoms with Gasteiger partial charge in [0.15, 0.2) is 0 Å². The minimum absolute atomic E-state index is 0.109. The summed E-state index contributed by atoms with van der Waals surface area (Å²) in [6, 6.07) is 8.15. The number of hydrogen-bond acceptors (Lipinski definition) is 8. The zero-order valence-corrected chi connectivity index (χ0v) is 19.2. The number of pyridine rings is 1. The normalized spacial score (nSPS) is 18.3. The van der Waals surface area contributed by atoms with Crippen molar-refractivity contribution in [2.24, 2.45) is 5.73 Å². The molecule has 0 saturated carbocycles. The average molecular weight is 519 g/mol. The van der Waals surface area contributed by atoms with Crippen molar-refractivity contribution in [2.45, 2.75) is 31.1 Å². The van der Waals surface area contributed by atoms with Crippen LogP contribution in [-0.4, -0.2) is 41.5 Å². The number of halogens is 4. The van der Waals surface area contributed by atoms with Crippen LogP contribution in [0.5, 0.6) is 0 Å². The molecule has 3 aromatic rings. The molecule has 1 saturated heterocycles. The van der Waals surface area contributed by atoms with Gasteiger partial charge in [0, 0.05) is 40.9 Å². The van der Waals surface area contributed by atoms with E-state index < -0.39 is 12.1 Å². The quantitative estimate of drug-likeness (QED) is 0.417. The summed E-state index contributed by atoms with van der Waals surface area (Å²) < 4.78 is 38.1. The third-order valence-corrected chi connectivity index (χ3v) is 7.18. The molecule has 0 amide bonds. The molecule has 176 valence electrons. The van der Waals surface area contributed by atoms with Crippen LogP contribution in [0.4, 0.5) is 18.9 Å². The van der Waals surface area contributed by atoms with Crippen molar-refractivity contribution in [2.75, 3.05) is 18.5 Å². The Morgan fingerprint density at radius 1 is 1.48 bits per heavy atom.